The van der Waals surface area contributed by atoms with E-state index in [4.69, 9.17) is 4.42 Å². The maximum absolute atomic E-state index is 11.1. The van der Waals surface area contributed by atoms with E-state index in [1.807, 2.05) is 13.0 Å². The maximum Gasteiger partial charge on any atom is 0.168 e. The van der Waals surface area contributed by atoms with Crippen LogP contribution in [-0.4, -0.2) is 39.5 Å². The average molecular weight is 402 g/mol. The van der Waals surface area contributed by atoms with Gasteiger partial charge in [-0.3, -0.25) is 4.79 Å². The second-order valence-corrected chi connectivity index (χ2v) is 5.91. The first-order valence-electron chi connectivity index (χ1n) is 7.85. The number of rotatable bonds is 3. The standard InChI is InChI=1S/C16H10N4O2S.CH5N.CH4S/c1-9-15(23-16(19-9)10-5-17-8-18-6-10)14-12-2-3-22-13(12)4-11(7-21)20-14;2*1-2/h2-8H,1H3;2H2,1H3;2H,1H3. The molecule has 4 rings (SSSR count). The minimum atomic E-state index is 0.333. The summed E-state index contributed by atoms with van der Waals surface area (Å²) in [5.74, 6) is 0. The van der Waals surface area contributed by atoms with Gasteiger partial charge < -0.3 is 10.2 Å². The molecule has 140 valence electrons. The Kier molecular flexibility index (Phi) is 7.59. The molecule has 0 fully saturated rings. The number of hydrogen-bond donors (Lipinski definition) is 2. The summed E-state index contributed by atoms with van der Waals surface area (Å²) in [5.41, 5.74) is 7.86. The molecule has 0 amide bonds. The van der Waals surface area contributed by atoms with E-state index in [1.54, 1.807) is 31.0 Å². The Hall–Kier alpha value is -2.62. The van der Waals surface area contributed by atoms with Crippen LogP contribution in [0.25, 0.3) is 32.1 Å². The molecular formula is C18H19N5O2S2. The molecule has 0 aliphatic heterocycles. The monoisotopic (exact) mass is 401 g/mol. The summed E-state index contributed by atoms with van der Waals surface area (Å²) < 4.78 is 5.42. The lowest BCUT2D eigenvalue weighted by Crippen LogP contribution is -1.91. The van der Waals surface area contributed by atoms with Gasteiger partial charge in [0.25, 0.3) is 0 Å². The van der Waals surface area contributed by atoms with E-state index in [9.17, 15) is 4.79 Å². The van der Waals surface area contributed by atoms with Gasteiger partial charge in [-0.25, -0.2) is 19.9 Å². The van der Waals surface area contributed by atoms with Crippen molar-refractivity contribution in [2.24, 2.45) is 5.73 Å². The quantitative estimate of drug-likeness (QED) is 0.398. The zero-order valence-electron chi connectivity index (χ0n) is 15.1. The lowest BCUT2D eigenvalue weighted by molar-refractivity contribution is 0.111. The van der Waals surface area contributed by atoms with Gasteiger partial charge in [-0.15, -0.1) is 11.3 Å². The summed E-state index contributed by atoms with van der Waals surface area (Å²) in [4.78, 5) is 29.1. The van der Waals surface area contributed by atoms with Crippen LogP contribution in [0, 0.1) is 6.92 Å². The number of carbonyl (C=O) groups excluding carboxylic acids is 1. The summed E-state index contributed by atoms with van der Waals surface area (Å²) in [5, 5.41) is 1.67. The minimum Gasteiger partial charge on any atom is -0.464 e. The van der Waals surface area contributed by atoms with E-state index in [0.29, 0.717) is 23.3 Å². The van der Waals surface area contributed by atoms with Crippen LogP contribution in [0.4, 0.5) is 0 Å². The Morgan fingerprint density at radius 3 is 2.56 bits per heavy atom. The van der Waals surface area contributed by atoms with Crippen molar-refractivity contribution in [1.82, 2.24) is 19.9 Å². The molecule has 4 heterocycles. The van der Waals surface area contributed by atoms with Gasteiger partial charge in [0.15, 0.2) is 6.29 Å². The molecular weight excluding hydrogens is 382 g/mol. The molecule has 9 heteroatoms. The third-order valence-corrected chi connectivity index (χ3v) is 4.62. The molecule has 0 bridgehead atoms. The molecule has 0 radical (unpaired) electrons. The Morgan fingerprint density at radius 2 is 1.89 bits per heavy atom. The second-order valence-electron chi connectivity index (χ2n) is 4.91. The van der Waals surface area contributed by atoms with Gasteiger partial charge in [0.05, 0.1) is 22.5 Å². The number of pyridine rings is 1. The number of thiazole rings is 1. The van der Waals surface area contributed by atoms with Crippen molar-refractivity contribution in [1.29, 1.82) is 0 Å². The van der Waals surface area contributed by atoms with Crippen LogP contribution in [0.3, 0.4) is 0 Å². The van der Waals surface area contributed by atoms with Crippen LogP contribution < -0.4 is 5.73 Å². The van der Waals surface area contributed by atoms with E-state index in [0.717, 1.165) is 26.5 Å². The van der Waals surface area contributed by atoms with E-state index in [2.05, 4.69) is 38.3 Å². The van der Waals surface area contributed by atoms with E-state index < -0.39 is 0 Å². The van der Waals surface area contributed by atoms with Crippen molar-refractivity contribution in [2.45, 2.75) is 6.92 Å². The first-order chi connectivity index (χ1) is 13.3. The molecule has 7 nitrogen and oxygen atoms in total. The molecule has 4 aromatic rings. The van der Waals surface area contributed by atoms with E-state index in [1.165, 1.54) is 24.7 Å². The molecule has 0 spiro atoms. The van der Waals surface area contributed by atoms with Crippen LogP contribution in [0.15, 0.2) is 41.5 Å². The zero-order valence-corrected chi connectivity index (χ0v) is 16.8. The van der Waals surface area contributed by atoms with Gasteiger partial charge in [0, 0.05) is 29.4 Å². The third-order valence-electron chi connectivity index (χ3n) is 3.41. The van der Waals surface area contributed by atoms with Crippen LogP contribution in [0.5, 0.6) is 0 Å². The molecule has 4 aromatic heterocycles. The van der Waals surface area contributed by atoms with Crippen LogP contribution in [-0.2, 0) is 0 Å². The lowest BCUT2D eigenvalue weighted by atomic mass is 10.2. The molecule has 0 atom stereocenters. The summed E-state index contributed by atoms with van der Waals surface area (Å²) in [6, 6.07) is 3.48. The number of hydrogen-bond acceptors (Lipinski definition) is 9. The number of carbonyl (C=O) groups is 1. The highest BCUT2D eigenvalue weighted by Gasteiger charge is 2.17. The summed E-state index contributed by atoms with van der Waals surface area (Å²) >= 11 is 5.02. The fourth-order valence-electron chi connectivity index (χ4n) is 2.37. The first-order valence-corrected chi connectivity index (χ1v) is 9.56. The maximum atomic E-state index is 11.1. The molecule has 0 saturated heterocycles. The van der Waals surface area contributed by atoms with Crippen LogP contribution >= 0.6 is 24.0 Å². The molecule has 0 aliphatic carbocycles. The normalized spacial score (nSPS) is 9.81. The highest BCUT2D eigenvalue weighted by atomic mass is 32.1. The summed E-state index contributed by atoms with van der Waals surface area (Å²) in [6.07, 6.45) is 8.92. The largest absolute Gasteiger partial charge is 0.464 e. The number of nitrogens with zero attached hydrogens (tertiary/aromatic N) is 4. The smallest absolute Gasteiger partial charge is 0.168 e. The number of furan rings is 1. The van der Waals surface area contributed by atoms with Crippen LogP contribution in [0.2, 0.25) is 0 Å². The fraction of sp³-hybridized carbons (Fsp3) is 0.167. The number of aldehydes is 1. The zero-order chi connectivity index (χ0) is 19.8. The Bertz CT molecular complexity index is 1020. The third kappa shape index (κ3) is 4.38. The van der Waals surface area contributed by atoms with Crippen molar-refractivity contribution in [2.75, 3.05) is 13.3 Å². The molecule has 27 heavy (non-hydrogen) atoms. The predicted molar refractivity (Wildman–Crippen MR) is 111 cm³/mol. The predicted octanol–water partition coefficient (Wildman–Crippen LogP) is 3.65. The Balaban J connectivity index is 0.000000614. The van der Waals surface area contributed by atoms with Gasteiger partial charge in [-0.2, -0.15) is 12.6 Å². The van der Waals surface area contributed by atoms with Crippen molar-refractivity contribution in [3.8, 4) is 21.1 Å². The SMILES string of the molecule is CN.CS.Cc1nc(-c2cncnc2)sc1-c1nc(C=O)cc2occc12. The number of aromatic nitrogens is 4. The van der Waals surface area contributed by atoms with E-state index in [-0.39, 0.29) is 0 Å². The number of aryl methyl sites for hydroxylation is 1. The molecule has 0 aromatic carbocycles. The Morgan fingerprint density at radius 1 is 1.19 bits per heavy atom. The molecule has 2 N–H and O–H groups in total. The lowest BCUT2D eigenvalue weighted by Gasteiger charge is -2.01. The average Bonchev–Trinajstić information content (AvgIpc) is 3.37. The number of nitrogens with two attached hydrogens (primary N) is 1. The molecule has 0 aliphatic rings. The molecule has 0 saturated carbocycles. The first kappa shape index (κ1) is 20.7. The highest BCUT2D eigenvalue weighted by molar-refractivity contribution is 7.79. The molecule has 0 unspecified atom stereocenters. The number of thiol groups is 1. The minimum absolute atomic E-state index is 0.333. The summed E-state index contributed by atoms with van der Waals surface area (Å²) in [6.45, 7) is 1.92. The summed E-state index contributed by atoms with van der Waals surface area (Å²) in [7, 11) is 1.50. The topological polar surface area (TPSA) is 108 Å². The van der Waals surface area contributed by atoms with E-state index >= 15 is 0 Å². The highest BCUT2D eigenvalue weighted by Crippen LogP contribution is 2.37. The van der Waals surface area contributed by atoms with Gasteiger partial charge in [-0.1, -0.05) is 0 Å². The van der Waals surface area contributed by atoms with Crippen molar-refractivity contribution in [3.63, 3.8) is 0 Å². The number of fused-ring (bicyclic) bond motifs is 1. The Labute approximate surface area is 166 Å². The van der Waals surface area contributed by atoms with Crippen molar-refractivity contribution in [3.05, 3.63) is 48.5 Å². The van der Waals surface area contributed by atoms with Gasteiger partial charge in [0.1, 0.15) is 22.6 Å². The van der Waals surface area contributed by atoms with Crippen molar-refractivity contribution >= 4 is 41.2 Å². The second kappa shape index (κ2) is 9.91. The van der Waals surface area contributed by atoms with Crippen molar-refractivity contribution < 1.29 is 9.21 Å². The fourth-order valence-corrected chi connectivity index (χ4v) is 3.41. The van der Waals surface area contributed by atoms with Gasteiger partial charge in [-0.05, 0) is 26.3 Å². The van der Waals surface area contributed by atoms with Gasteiger partial charge >= 0.3 is 0 Å². The van der Waals surface area contributed by atoms with Crippen LogP contribution in [0.1, 0.15) is 16.2 Å². The van der Waals surface area contributed by atoms with Gasteiger partial charge in [0.2, 0.25) is 0 Å².